The van der Waals surface area contributed by atoms with Gasteiger partial charge in [0.1, 0.15) is 5.75 Å². The number of aromatic hydroxyl groups is 1. The maximum atomic E-state index is 9.72. The molecule has 0 radical (unpaired) electrons. The van der Waals surface area contributed by atoms with Gasteiger partial charge in [-0.05, 0) is 38.1 Å². The fraction of sp³-hybridized carbons (Fsp3) is 0.417. The predicted molar refractivity (Wildman–Crippen MR) is 62.5 cm³/mol. The molecule has 1 aliphatic heterocycles. The molecule has 0 atom stereocenters. The molecule has 3 rings (SSSR count). The zero-order chi connectivity index (χ0) is 11.0. The Morgan fingerprint density at radius 1 is 1.31 bits per heavy atom. The van der Waals surface area contributed by atoms with Crippen LogP contribution in [0.4, 0.5) is 0 Å². The smallest absolute Gasteiger partial charge is 0.126 e. The summed E-state index contributed by atoms with van der Waals surface area (Å²) in [5.41, 5.74) is 1.03. The van der Waals surface area contributed by atoms with Crippen molar-refractivity contribution in [2.75, 3.05) is 13.1 Å². The fourth-order valence-corrected chi connectivity index (χ4v) is 2.40. The summed E-state index contributed by atoms with van der Waals surface area (Å²) in [5.74, 6) is 0.317. The summed E-state index contributed by atoms with van der Waals surface area (Å²) in [5, 5.41) is 18.3. The fourth-order valence-electron chi connectivity index (χ4n) is 2.40. The lowest BCUT2D eigenvalue weighted by Crippen LogP contribution is -2.29. The molecule has 4 heteroatoms. The van der Waals surface area contributed by atoms with Crippen LogP contribution in [-0.2, 0) is 0 Å². The van der Waals surface area contributed by atoms with E-state index in [0.717, 1.165) is 36.8 Å². The zero-order valence-electron chi connectivity index (χ0n) is 9.06. The molecule has 84 valence electrons. The summed E-state index contributed by atoms with van der Waals surface area (Å²) in [4.78, 5) is 0. The van der Waals surface area contributed by atoms with Gasteiger partial charge in [0.05, 0.1) is 23.1 Å². The van der Waals surface area contributed by atoms with E-state index in [2.05, 4.69) is 15.1 Å². The van der Waals surface area contributed by atoms with Gasteiger partial charge in [0.25, 0.3) is 0 Å². The number of fused-ring (bicyclic) bond motifs is 1. The van der Waals surface area contributed by atoms with Gasteiger partial charge in [-0.15, -0.1) is 0 Å². The first-order valence-corrected chi connectivity index (χ1v) is 5.72. The minimum atomic E-state index is 0.317. The molecule has 0 bridgehead atoms. The molecule has 1 fully saturated rings. The Balaban J connectivity index is 2.06. The highest BCUT2D eigenvalue weighted by Crippen LogP contribution is 2.28. The van der Waals surface area contributed by atoms with E-state index in [9.17, 15) is 5.11 Å². The number of benzene rings is 1. The van der Waals surface area contributed by atoms with E-state index in [4.69, 9.17) is 0 Å². The monoisotopic (exact) mass is 217 g/mol. The van der Waals surface area contributed by atoms with E-state index >= 15 is 0 Å². The van der Waals surface area contributed by atoms with Gasteiger partial charge < -0.3 is 10.4 Å². The van der Waals surface area contributed by atoms with Crippen LogP contribution in [0.2, 0.25) is 0 Å². The SMILES string of the molecule is Oc1cccc2c1cnn2C1CCNCC1. The number of aromatic nitrogens is 2. The number of hydrogen-bond donors (Lipinski definition) is 2. The second kappa shape index (κ2) is 3.79. The molecule has 1 aromatic heterocycles. The Morgan fingerprint density at radius 3 is 2.94 bits per heavy atom. The topological polar surface area (TPSA) is 50.1 Å². The standard InChI is InChI=1S/C12H15N3O/c16-12-3-1-2-11-10(12)8-14-15(11)9-4-6-13-7-5-9/h1-3,8-9,13,16H,4-7H2. The summed E-state index contributed by atoms with van der Waals surface area (Å²) in [7, 11) is 0. The molecule has 2 N–H and O–H groups in total. The van der Waals surface area contributed by atoms with Crippen molar-refractivity contribution in [2.45, 2.75) is 18.9 Å². The minimum absolute atomic E-state index is 0.317. The summed E-state index contributed by atoms with van der Waals surface area (Å²) in [6.07, 6.45) is 3.96. The van der Waals surface area contributed by atoms with Gasteiger partial charge in [-0.25, -0.2) is 0 Å². The van der Waals surface area contributed by atoms with Crippen LogP contribution in [0.1, 0.15) is 18.9 Å². The van der Waals surface area contributed by atoms with E-state index in [1.54, 1.807) is 12.3 Å². The second-order valence-corrected chi connectivity index (χ2v) is 4.28. The number of phenols is 1. The largest absolute Gasteiger partial charge is 0.507 e. The zero-order valence-corrected chi connectivity index (χ0v) is 9.06. The minimum Gasteiger partial charge on any atom is -0.507 e. The average Bonchev–Trinajstić information content (AvgIpc) is 2.75. The van der Waals surface area contributed by atoms with E-state index in [1.165, 1.54) is 0 Å². The Morgan fingerprint density at radius 2 is 2.12 bits per heavy atom. The van der Waals surface area contributed by atoms with Gasteiger partial charge in [-0.3, -0.25) is 4.68 Å². The van der Waals surface area contributed by atoms with Crippen LogP contribution in [0.5, 0.6) is 5.75 Å². The quantitative estimate of drug-likeness (QED) is 0.764. The Hall–Kier alpha value is -1.55. The van der Waals surface area contributed by atoms with E-state index < -0.39 is 0 Å². The number of phenolic OH excluding ortho intramolecular Hbond substituents is 1. The van der Waals surface area contributed by atoms with Gasteiger partial charge in [-0.2, -0.15) is 5.10 Å². The van der Waals surface area contributed by atoms with Gasteiger partial charge in [0.2, 0.25) is 0 Å². The van der Waals surface area contributed by atoms with Crippen molar-refractivity contribution in [3.05, 3.63) is 24.4 Å². The molecule has 0 saturated carbocycles. The normalized spacial score (nSPS) is 18.0. The lowest BCUT2D eigenvalue weighted by Gasteiger charge is -2.23. The van der Waals surface area contributed by atoms with E-state index in [1.807, 2.05) is 12.1 Å². The highest BCUT2D eigenvalue weighted by Gasteiger charge is 2.18. The molecule has 2 heterocycles. The Bertz CT molecular complexity index is 500. The third-order valence-electron chi connectivity index (χ3n) is 3.27. The van der Waals surface area contributed by atoms with Crippen LogP contribution < -0.4 is 5.32 Å². The lowest BCUT2D eigenvalue weighted by molar-refractivity contribution is 0.351. The average molecular weight is 217 g/mol. The van der Waals surface area contributed by atoms with Gasteiger partial charge in [-0.1, -0.05) is 6.07 Å². The van der Waals surface area contributed by atoms with Crippen LogP contribution in [-0.4, -0.2) is 28.0 Å². The van der Waals surface area contributed by atoms with Crippen LogP contribution in [0.15, 0.2) is 24.4 Å². The molecule has 0 aliphatic carbocycles. The first-order chi connectivity index (χ1) is 7.86. The number of rotatable bonds is 1. The third kappa shape index (κ3) is 1.46. The highest BCUT2D eigenvalue weighted by atomic mass is 16.3. The number of nitrogens with zero attached hydrogens (tertiary/aromatic N) is 2. The van der Waals surface area contributed by atoms with Crippen molar-refractivity contribution >= 4 is 10.9 Å². The summed E-state index contributed by atoms with van der Waals surface area (Å²) in [6, 6.07) is 6.05. The Labute approximate surface area is 93.9 Å². The van der Waals surface area contributed by atoms with Crippen molar-refractivity contribution in [2.24, 2.45) is 0 Å². The van der Waals surface area contributed by atoms with Gasteiger partial charge in [0.15, 0.2) is 0 Å². The first kappa shape index (κ1) is 9.66. The van der Waals surface area contributed by atoms with Crippen LogP contribution in [0.25, 0.3) is 10.9 Å². The third-order valence-corrected chi connectivity index (χ3v) is 3.27. The molecule has 2 aromatic rings. The van der Waals surface area contributed by atoms with Crippen molar-refractivity contribution in [3.63, 3.8) is 0 Å². The number of piperidine rings is 1. The summed E-state index contributed by atoms with van der Waals surface area (Å²) >= 11 is 0. The molecule has 16 heavy (non-hydrogen) atoms. The molecule has 4 nitrogen and oxygen atoms in total. The molecular weight excluding hydrogens is 202 g/mol. The lowest BCUT2D eigenvalue weighted by atomic mass is 10.1. The summed E-state index contributed by atoms with van der Waals surface area (Å²) in [6.45, 7) is 2.09. The van der Waals surface area contributed by atoms with E-state index in [-0.39, 0.29) is 0 Å². The first-order valence-electron chi connectivity index (χ1n) is 5.72. The van der Waals surface area contributed by atoms with Crippen molar-refractivity contribution in [3.8, 4) is 5.75 Å². The highest BCUT2D eigenvalue weighted by molar-refractivity contribution is 5.84. The predicted octanol–water partition coefficient (Wildman–Crippen LogP) is 1.67. The van der Waals surface area contributed by atoms with Gasteiger partial charge >= 0.3 is 0 Å². The van der Waals surface area contributed by atoms with Crippen molar-refractivity contribution in [1.82, 2.24) is 15.1 Å². The van der Waals surface area contributed by atoms with Crippen molar-refractivity contribution in [1.29, 1.82) is 0 Å². The Kier molecular flexibility index (Phi) is 2.29. The molecule has 0 unspecified atom stereocenters. The maximum absolute atomic E-state index is 9.72. The van der Waals surface area contributed by atoms with Gasteiger partial charge in [0, 0.05) is 0 Å². The van der Waals surface area contributed by atoms with E-state index in [0.29, 0.717) is 11.8 Å². The van der Waals surface area contributed by atoms with Crippen LogP contribution >= 0.6 is 0 Å². The molecule has 0 amide bonds. The maximum Gasteiger partial charge on any atom is 0.126 e. The molecule has 1 aliphatic rings. The molecule has 0 spiro atoms. The van der Waals surface area contributed by atoms with Crippen LogP contribution in [0, 0.1) is 0 Å². The van der Waals surface area contributed by atoms with Crippen LogP contribution in [0.3, 0.4) is 0 Å². The molecule has 1 saturated heterocycles. The summed E-state index contributed by atoms with van der Waals surface area (Å²) < 4.78 is 2.05. The van der Waals surface area contributed by atoms with Crippen molar-refractivity contribution < 1.29 is 5.11 Å². The number of hydrogen-bond acceptors (Lipinski definition) is 3. The number of nitrogens with one attached hydrogen (secondary N) is 1. The second-order valence-electron chi connectivity index (χ2n) is 4.28. The molecule has 1 aromatic carbocycles. The molecular formula is C12H15N3O.